The van der Waals surface area contributed by atoms with E-state index in [1.165, 1.54) is 17.3 Å². The molecular formula is C21H20FN5O2. The predicted molar refractivity (Wildman–Crippen MR) is 106 cm³/mol. The Morgan fingerprint density at radius 1 is 1.28 bits per heavy atom. The monoisotopic (exact) mass is 393 g/mol. The van der Waals surface area contributed by atoms with Crippen LogP contribution >= 0.6 is 0 Å². The lowest BCUT2D eigenvalue weighted by atomic mass is 10.1. The van der Waals surface area contributed by atoms with Crippen molar-refractivity contribution in [3.63, 3.8) is 0 Å². The average Bonchev–Trinajstić information content (AvgIpc) is 3.33. The van der Waals surface area contributed by atoms with E-state index in [2.05, 4.69) is 15.4 Å². The van der Waals surface area contributed by atoms with E-state index in [9.17, 15) is 14.0 Å². The van der Waals surface area contributed by atoms with Crippen LogP contribution in [0.5, 0.6) is 0 Å². The van der Waals surface area contributed by atoms with Gasteiger partial charge in [0.1, 0.15) is 18.5 Å². The second-order valence-corrected chi connectivity index (χ2v) is 7.10. The van der Waals surface area contributed by atoms with E-state index in [4.69, 9.17) is 0 Å². The van der Waals surface area contributed by atoms with Crippen molar-refractivity contribution in [2.45, 2.75) is 19.9 Å². The van der Waals surface area contributed by atoms with Gasteiger partial charge in [-0.1, -0.05) is 24.3 Å². The SMILES string of the molecule is Cc1ccc(N2CC(C(=O)Nc3ccccc3Cn3cncn3)CC2=O)c(F)c1. The number of aromatic nitrogens is 3. The van der Waals surface area contributed by atoms with Crippen LogP contribution in [0.3, 0.4) is 0 Å². The van der Waals surface area contributed by atoms with Crippen molar-refractivity contribution in [1.82, 2.24) is 14.8 Å². The Morgan fingerprint density at radius 2 is 2.10 bits per heavy atom. The number of hydrogen-bond acceptors (Lipinski definition) is 4. The van der Waals surface area contributed by atoms with Gasteiger partial charge >= 0.3 is 0 Å². The van der Waals surface area contributed by atoms with Gasteiger partial charge in [-0.15, -0.1) is 0 Å². The molecule has 1 N–H and O–H groups in total. The van der Waals surface area contributed by atoms with Crippen molar-refractivity contribution >= 4 is 23.2 Å². The first-order chi connectivity index (χ1) is 14.0. The molecule has 2 amide bonds. The second kappa shape index (κ2) is 7.83. The fourth-order valence-corrected chi connectivity index (χ4v) is 3.45. The van der Waals surface area contributed by atoms with Crippen LogP contribution in [0, 0.1) is 18.7 Å². The van der Waals surface area contributed by atoms with E-state index >= 15 is 0 Å². The Kier molecular flexibility index (Phi) is 5.07. The summed E-state index contributed by atoms with van der Waals surface area (Å²) in [6.07, 6.45) is 3.09. The third-order valence-electron chi connectivity index (χ3n) is 4.96. The van der Waals surface area contributed by atoms with Gasteiger partial charge in [-0.25, -0.2) is 14.1 Å². The lowest BCUT2D eigenvalue weighted by Crippen LogP contribution is -2.29. The van der Waals surface area contributed by atoms with Crippen molar-refractivity contribution in [3.05, 3.63) is 72.1 Å². The molecule has 1 unspecified atom stereocenters. The van der Waals surface area contributed by atoms with Gasteiger partial charge in [-0.3, -0.25) is 9.59 Å². The molecule has 0 spiro atoms. The standard InChI is InChI=1S/C21H20FN5O2/c1-14-6-7-19(17(22)8-14)27-11-16(9-20(27)28)21(29)25-18-5-3-2-4-15(18)10-26-13-23-12-24-26/h2-8,12-13,16H,9-11H2,1H3,(H,25,29). The first kappa shape index (κ1) is 18.8. The predicted octanol–water partition coefficient (Wildman–Crippen LogP) is 2.77. The van der Waals surface area contributed by atoms with Crippen LogP contribution in [0.1, 0.15) is 17.5 Å². The molecule has 3 aromatic rings. The molecule has 2 aromatic carbocycles. The highest BCUT2D eigenvalue weighted by atomic mass is 19.1. The van der Waals surface area contributed by atoms with E-state index in [1.807, 2.05) is 18.2 Å². The molecule has 0 bridgehead atoms. The van der Waals surface area contributed by atoms with Crippen LogP contribution in [0.4, 0.5) is 15.8 Å². The van der Waals surface area contributed by atoms with Gasteiger partial charge in [0.2, 0.25) is 11.8 Å². The molecule has 29 heavy (non-hydrogen) atoms. The number of nitrogens with zero attached hydrogens (tertiary/aromatic N) is 4. The number of hydrogen-bond donors (Lipinski definition) is 1. The van der Waals surface area contributed by atoms with Crippen molar-refractivity contribution in [2.75, 3.05) is 16.8 Å². The smallest absolute Gasteiger partial charge is 0.229 e. The van der Waals surface area contributed by atoms with Crippen LogP contribution in [0.2, 0.25) is 0 Å². The fraction of sp³-hybridized carbons (Fsp3) is 0.238. The van der Waals surface area contributed by atoms with Gasteiger partial charge in [0, 0.05) is 18.7 Å². The zero-order valence-electron chi connectivity index (χ0n) is 15.9. The molecule has 7 nitrogen and oxygen atoms in total. The minimum absolute atomic E-state index is 0.0460. The zero-order chi connectivity index (χ0) is 20.4. The normalized spacial score (nSPS) is 16.3. The highest BCUT2D eigenvalue weighted by molar-refractivity contribution is 6.03. The third-order valence-corrected chi connectivity index (χ3v) is 4.96. The number of carbonyl (C=O) groups excluding carboxylic acids is 2. The maximum absolute atomic E-state index is 14.3. The third kappa shape index (κ3) is 4.01. The Balaban J connectivity index is 1.48. The van der Waals surface area contributed by atoms with Gasteiger partial charge < -0.3 is 10.2 Å². The largest absolute Gasteiger partial charge is 0.325 e. The average molecular weight is 393 g/mol. The molecule has 1 aliphatic rings. The lowest BCUT2D eigenvalue weighted by molar-refractivity contribution is -0.122. The number of amides is 2. The molecular weight excluding hydrogens is 373 g/mol. The Morgan fingerprint density at radius 3 is 2.86 bits per heavy atom. The van der Waals surface area contributed by atoms with E-state index in [0.29, 0.717) is 12.2 Å². The van der Waals surface area contributed by atoms with Gasteiger partial charge in [0.15, 0.2) is 0 Å². The Labute approximate surface area is 167 Å². The molecule has 2 heterocycles. The second-order valence-electron chi connectivity index (χ2n) is 7.10. The molecule has 0 saturated carbocycles. The van der Waals surface area contributed by atoms with Gasteiger partial charge in [-0.2, -0.15) is 5.10 Å². The van der Waals surface area contributed by atoms with E-state index in [0.717, 1.165) is 11.1 Å². The maximum Gasteiger partial charge on any atom is 0.229 e. The van der Waals surface area contributed by atoms with Gasteiger partial charge in [-0.05, 0) is 36.2 Å². The zero-order valence-corrected chi connectivity index (χ0v) is 15.9. The van der Waals surface area contributed by atoms with Crippen LogP contribution in [-0.4, -0.2) is 33.1 Å². The van der Waals surface area contributed by atoms with Crippen molar-refractivity contribution < 1.29 is 14.0 Å². The quantitative estimate of drug-likeness (QED) is 0.723. The van der Waals surface area contributed by atoms with Crippen molar-refractivity contribution in [2.24, 2.45) is 5.92 Å². The van der Waals surface area contributed by atoms with Gasteiger partial charge in [0.25, 0.3) is 0 Å². The molecule has 8 heteroatoms. The summed E-state index contributed by atoms with van der Waals surface area (Å²) in [7, 11) is 0. The molecule has 0 radical (unpaired) electrons. The maximum atomic E-state index is 14.3. The number of halogens is 1. The van der Waals surface area contributed by atoms with Crippen molar-refractivity contribution in [3.8, 4) is 0 Å². The number of carbonyl (C=O) groups is 2. The minimum atomic E-state index is -0.553. The number of nitrogens with one attached hydrogen (secondary N) is 1. The highest BCUT2D eigenvalue weighted by Crippen LogP contribution is 2.29. The molecule has 1 aromatic heterocycles. The summed E-state index contributed by atoms with van der Waals surface area (Å²) in [6, 6.07) is 12.1. The van der Waals surface area contributed by atoms with E-state index < -0.39 is 11.7 Å². The number of para-hydroxylation sites is 1. The first-order valence-electron chi connectivity index (χ1n) is 9.29. The number of rotatable bonds is 5. The Bertz CT molecular complexity index is 1050. The highest BCUT2D eigenvalue weighted by Gasteiger charge is 2.36. The number of benzene rings is 2. The number of aryl methyl sites for hydroxylation is 1. The lowest BCUT2D eigenvalue weighted by Gasteiger charge is -2.18. The minimum Gasteiger partial charge on any atom is -0.325 e. The topological polar surface area (TPSA) is 80.1 Å². The molecule has 1 aliphatic heterocycles. The first-order valence-corrected chi connectivity index (χ1v) is 9.29. The van der Waals surface area contributed by atoms with Crippen LogP contribution in [-0.2, 0) is 16.1 Å². The van der Waals surface area contributed by atoms with E-state index in [1.54, 1.807) is 36.1 Å². The summed E-state index contributed by atoms with van der Waals surface area (Å²) in [5.41, 5.74) is 2.51. The fourth-order valence-electron chi connectivity index (χ4n) is 3.45. The molecule has 1 fully saturated rings. The summed E-state index contributed by atoms with van der Waals surface area (Å²) in [6.45, 7) is 2.39. The number of anilines is 2. The summed E-state index contributed by atoms with van der Waals surface area (Å²) in [5.74, 6) is -1.54. The molecule has 1 atom stereocenters. The molecule has 148 valence electrons. The summed E-state index contributed by atoms with van der Waals surface area (Å²) >= 11 is 0. The molecule has 4 rings (SSSR count). The van der Waals surface area contributed by atoms with Crippen molar-refractivity contribution in [1.29, 1.82) is 0 Å². The molecule has 0 aliphatic carbocycles. The van der Waals surface area contributed by atoms with E-state index in [-0.39, 0.29) is 30.5 Å². The van der Waals surface area contributed by atoms with Crippen LogP contribution in [0.15, 0.2) is 55.1 Å². The Hall–Kier alpha value is -3.55. The molecule has 1 saturated heterocycles. The van der Waals surface area contributed by atoms with Crippen LogP contribution < -0.4 is 10.2 Å². The van der Waals surface area contributed by atoms with Gasteiger partial charge in [0.05, 0.1) is 18.2 Å². The van der Waals surface area contributed by atoms with Crippen LogP contribution in [0.25, 0.3) is 0 Å². The summed E-state index contributed by atoms with van der Waals surface area (Å²) in [4.78, 5) is 30.5. The summed E-state index contributed by atoms with van der Waals surface area (Å²) < 4.78 is 15.9. The summed E-state index contributed by atoms with van der Waals surface area (Å²) in [5, 5.41) is 6.99.